The smallest absolute Gasteiger partial charge is 0.550 e. The van der Waals surface area contributed by atoms with Crippen LogP contribution in [0.15, 0.2) is 24.3 Å². The summed E-state index contributed by atoms with van der Waals surface area (Å²) >= 11 is 0. The average Bonchev–Trinajstić information content (AvgIpc) is 3.04. The standard InChI is InChI=1S/C23H46O2.C10H12O2.2C4H9.Sn/c1-2-3-4-5-6-7-8-9-10-11-12-13-14-15-16-17-18-19-20-21-22-23(24)25;1-2-4-8-5-3-6-9(7-8)10(11)12;2*1-3-4-2;/h2-22H2,1H3,(H,24,25);3,5-7H,2,4H2,1H3,(H,11,12);2*1,3-4H2,2H3;/q;;;;+2/p-2. The van der Waals surface area contributed by atoms with Crippen molar-refractivity contribution in [3.05, 3.63) is 49.2 Å². The zero-order valence-electron chi connectivity index (χ0n) is 30.9. The normalized spacial score (nSPS) is 9.87. The number of aromatic carboxylic acids is 1. The van der Waals surface area contributed by atoms with E-state index in [1.165, 1.54) is 128 Å². The number of carboxylic acid groups (broad SMARTS) is 2. The van der Waals surface area contributed by atoms with Gasteiger partial charge in [-0.2, -0.15) is 0 Å². The Kier molecular flexibility index (Phi) is 51.9. The Morgan fingerprint density at radius 1 is 0.543 bits per heavy atom. The fourth-order valence-corrected chi connectivity index (χ4v) is 4.67. The minimum absolute atomic E-state index is 0. The molecule has 0 N–H and O–H groups in total. The van der Waals surface area contributed by atoms with E-state index in [4.69, 9.17) is 0 Å². The van der Waals surface area contributed by atoms with Crippen molar-refractivity contribution in [3.8, 4) is 0 Å². The summed E-state index contributed by atoms with van der Waals surface area (Å²) in [4.78, 5) is 20.7. The first-order valence-electron chi connectivity index (χ1n) is 18.9. The van der Waals surface area contributed by atoms with Crippen LogP contribution in [-0.2, 0) is 11.2 Å². The summed E-state index contributed by atoms with van der Waals surface area (Å²) in [5.74, 6) is -2.00. The third kappa shape index (κ3) is 47.4. The first-order valence-corrected chi connectivity index (χ1v) is 18.9. The summed E-state index contributed by atoms with van der Waals surface area (Å²) in [6.45, 7) is 15.8. The van der Waals surface area contributed by atoms with E-state index >= 15 is 0 Å². The molecule has 46 heavy (non-hydrogen) atoms. The quantitative estimate of drug-likeness (QED) is 0.0698. The second-order valence-electron chi connectivity index (χ2n) is 12.3. The van der Waals surface area contributed by atoms with Gasteiger partial charge in [0.25, 0.3) is 0 Å². The van der Waals surface area contributed by atoms with Crippen LogP contribution in [0.3, 0.4) is 0 Å². The molecular formula is C41H74O4Sn. The number of rotatable bonds is 26. The molecule has 0 bridgehead atoms. The van der Waals surface area contributed by atoms with Gasteiger partial charge >= 0.3 is 23.9 Å². The van der Waals surface area contributed by atoms with Crippen molar-refractivity contribution in [2.45, 2.75) is 201 Å². The number of benzene rings is 1. The number of hydrogen-bond acceptors (Lipinski definition) is 4. The van der Waals surface area contributed by atoms with Crippen LogP contribution in [-0.4, -0.2) is 35.8 Å². The van der Waals surface area contributed by atoms with Gasteiger partial charge in [-0.1, -0.05) is 214 Å². The predicted octanol–water partition coefficient (Wildman–Crippen LogP) is 10.8. The molecule has 0 atom stereocenters. The van der Waals surface area contributed by atoms with E-state index < -0.39 is 11.9 Å². The van der Waals surface area contributed by atoms with Gasteiger partial charge in [0.2, 0.25) is 0 Å². The minimum atomic E-state index is -1.10. The van der Waals surface area contributed by atoms with Crippen LogP contribution in [0, 0.1) is 13.8 Å². The Balaban J connectivity index is -0.000000344. The number of unbranched alkanes of at least 4 members (excludes halogenated alkanes) is 21. The zero-order valence-corrected chi connectivity index (χ0v) is 33.8. The summed E-state index contributed by atoms with van der Waals surface area (Å²) < 4.78 is 0. The SMILES string of the molecule is CCCCCCCCCCCCCCCCCCCCCCC(=O)[O-].CCCc1cccc(C(=O)[O-])c1.[CH2]CCC.[CH2]CCC.[Sn+2]. The number of carboxylic acids is 2. The average molecular weight is 750 g/mol. The van der Waals surface area contributed by atoms with E-state index in [0.717, 1.165) is 44.1 Å². The Morgan fingerprint density at radius 3 is 1.17 bits per heavy atom. The molecular weight excluding hydrogens is 675 g/mol. The fraction of sp³-hybridized carbons (Fsp3) is 0.756. The van der Waals surface area contributed by atoms with Gasteiger partial charge in [-0.3, -0.25) is 0 Å². The van der Waals surface area contributed by atoms with Gasteiger partial charge in [-0.25, -0.2) is 0 Å². The van der Waals surface area contributed by atoms with Crippen LogP contribution in [0.25, 0.3) is 0 Å². The third-order valence-electron chi connectivity index (χ3n) is 7.64. The van der Waals surface area contributed by atoms with Crippen LogP contribution in [0.1, 0.15) is 211 Å². The van der Waals surface area contributed by atoms with Gasteiger partial charge in [0.1, 0.15) is 0 Å². The van der Waals surface area contributed by atoms with Crippen molar-refractivity contribution in [3.63, 3.8) is 0 Å². The molecule has 0 unspecified atom stereocenters. The number of carbonyl (C=O) groups is 2. The van der Waals surface area contributed by atoms with Crippen LogP contribution >= 0.6 is 0 Å². The van der Waals surface area contributed by atoms with Crippen LogP contribution < -0.4 is 10.2 Å². The van der Waals surface area contributed by atoms with Gasteiger partial charge in [-0.15, -0.1) is 0 Å². The zero-order chi connectivity index (χ0) is 34.2. The number of hydrogen-bond donors (Lipinski definition) is 0. The summed E-state index contributed by atoms with van der Waals surface area (Å²) in [6, 6.07) is 6.89. The topological polar surface area (TPSA) is 80.3 Å². The van der Waals surface area contributed by atoms with Crippen molar-refractivity contribution < 1.29 is 19.8 Å². The Bertz CT molecular complexity index is 714. The molecule has 0 aliphatic rings. The molecule has 0 spiro atoms. The third-order valence-corrected chi connectivity index (χ3v) is 7.64. The van der Waals surface area contributed by atoms with Gasteiger partial charge in [0, 0.05) is 5.97 Å². The second-order valence-corrected chi connectivity index (χ2v) is 12.3. The Morgan fingerprint density at radius 2 is 0.891 bits per heavy atom. The van der Waals surface area contributed by atoms with Crippen molar-refractivity contribution in [2.75, 3.05) is 0 Å². The summed E-state index contributed by atoms with van der Waals surface area (Å²) in [5, 5.41) is 20.7. The Labute approximate surface area is 304 Å². The molecule has 1 aromatic carbocycles. The molecule has 0 aromatic heterocycles. The van der Waals surface area contributed by atoms with Crippen LogP contribution in [0.5, 0.6) is 0 Å². The molecule has 0 saturated carbocycles. The van der Waals surface area contributed by atoms with Crippen molar-refractivity contribution in [1.82, 2.24) is 0 Å². The Hall–Kier alpha value is -1.04. The summed E-state index contributed by atoms with van der Waals surface area (Å²) in [5.41, 5.74) is 1.32. The maximum Gasteiger partial charge on any atom is 2.00 e. The molecule has 5 heteroatoms. The van der Waals surface area contributed by atoms with Crippen molar-refractivity contribution in [2.24, 2.45) is 0 Å². The number of aliphatic carboxylic acids is 1. The van der Waals surface area contributed by atoms with E-state index in [1.807, 2.05) is 6.07 Å². The summed E-state index contributed by atoms with van der Waals surface area (Å²) in [7, 11) is 0. The van der Waals surface area contributed by atoms with E-state index in [-0.39, 0.29) is 35.9 Å². The molecule has 0 amide bonds. The molecule has 0 aliphatic carbocycles. The van der Waals surface area contributed by atoms with Crippen molar-refractivity contribution >= 4 is 35.8 Å². The molecule has 4 radical (unpaired) electrons. The second kappa shape index (κ2) is 46.1. The van der Waals surface area contributed by atoms with E-state index in [2.05, 4.69) is 41.5 Å². The number of carbonyl (C=O) groups excluding carboxylic acids is 2. The minimum Gasteiger partial charge on any atom is -0.550 e. The van der Waals surface area contributed by atoms with Gasteiger partial charge in [-0.05, 0) is 36.5 Å². The maximum absolute atomic E-state index is 10.4. The predicted molar refractivity (Wildman–Crippen MR) is 199 cm³/mol. The van der Waals surface area contributed by atoms with E-state index in [0.29, 0.717) is 0 Å². The molecule has 0 aliphatic heterocycles. The monoisotopic (exact) mass is 750 g/mol. The maximum atomic E-state index is 10.4. The molecule has 266 valence electrons. The molecule has 0 heterocycles. The number of aryl methyl sites for hydroxylation is 1. The molecule has 1 rings (SSSR count). The van der Waals surface area contributed by atoms with Gasteiger partial charge < -0.3 is 19.8 Å². The summed E-state index contributed by atoms with van der Waals surface area (Å²) in [6.07, 6.45) is 33.7. The molecule has 0 saturated heterocycles. The van der Waals surface area contributed by atoms with E-state index in [9.17, 15) is 19.8 Å². The van der Waals surface area contributed by atoms with Gasteiger partial charge in [0.15, 0.2) is 0 Å². The molecule has 0 fully saturated rings. The van der Waals surface area contributed by atoms with Crippen LogP contribution in [0.4, 0.5) is 0 Å². The first-order chi connectivity index (χ1) is 21.8. The first kappa shape index (κ1) is 51.8. The van der Waals surface area contributed by atoms with Gasteiger partial charge in [0.05, 0.1) is 5.97 Å². The largest absolute Gasteiger partial charge is 2.00 e. The van der Waals surface area contributed by atoms with E-state index in [1.54, 1.807) is 18.2 Å². The molecule has 4 nitrogen and oxygen atoms in total. The van der Waals surface area contributed by atoms with Crippen LogP contribution in [0.2, 0.25) is 0 Å². The molecule has 1 aromatic rings. The van der Waals surface area contributed by atoms with Crippen molar-refractivity contribution in [1.29, 1.82) is 0 Å². The fourth-order valence-electron chi connectivity index (χ4n) is 4.67.